The van der Waals surface area contributed by atoms with Gasteiger partial charge >= 0.3 is 0 Å². The second-order valence-corrected chi connectivity index (χ2v) is 5.53. The molecule has 11 heteroatoms. The van der Waals surface area contributed by atoms with Gasteiger partial charge in [0.25, 0.3) is 0 Å². The van der Waals surface area contributed by atoms with Gasteiger partial charge in [-0.25, -0.2) is 0 Å². The van der Waals surface area contributed by atoms with Crippen LogP contribution in [0.15, 0.2) is 0 Å². The van der Waals surface area contributed by atoms with Crippen molar-refractivity contribution in [2.75, 3.05) is 13.2 Å². The minimum Gasteiger partial charge on any atom is -0.394 e. The molecule has 0 aromatic rings. The molecule has 2 fully saturated rings. The second kappa shape index (κ2) is 7.63. The summed E-state index contributed by atoms with van der Waals surface area (Å²) in [5, 5.41) is 76.5. The molecule has 0 aliphatic carbocycles. The van der Waals surface area contributed by atoms with E-state index in [4.69, 9.17) is 19.3 Å². The molecule has 136 valence electrons. The smallest absolute Gasteiger partial charge is 0.187 e. The molecule has 2 rings (SSSR count). The van der Waals surface area contributed by atoms with Crippen molar-refractivity contribution < 1.29 is 55.1 Å². The maximum atomic E-state index is 9.94. The van der Waals surface area contributed by atoms with Crippen LogP contribution in [0, 0.1) is 0 Å². The third-order valence-electron chi connectivity index (χ3n) is 3.98. The van der Waals surface area contributed by atoms with E-state index < -0.39 is 74.6 Å². The summed E-state index contributed by atoms with van der Waals surface area (Å²) in [6.45, 7) is -1.35. The lowest BCUT2D eigenvalue weighted by Gasteiger charge is -2.45. The van der Waals surface area contributed by atoms with Crippen molar-refractivity contribution in [3.8, 4) is 0 Å². The fourth-order valence-electron chi connectivity index (χ4n) is 2.57. The molecule has 2 aliphatic heterocycles. The van der Waals surface area contributed by atoms with Gasteiger partial charge in [0.1, 0.15) is 48.8 Å². The Balaban J connectivity index is 2.11. The van der Waals surface area contributed by atoms with E-state index in [-0.39, 0.29) is 0 Å². The number of ether oxygens (including phenoxy) is 3. The van der Waals surface area contributed by atoms with Crippen LogP contribution in [-0.2, 0) is 14.2 Å². The quantitative estimate of drug-likeness (QED) is 0.243. The Kier molecular flexibility index (Phi) is 6.27. The normalized spacial score (nSPS) is 51.7. The second-order valence-electron chi connectivity index (χ2n) is 5.53. The van der Waals surface area contributed by atoms with Crippen molar-refractivity contribution >= 4 is 0 Å². The average Bonchev–Trinajstić information content (AvgIpc) is 2.55. The van der Waals surface area contributed by atoms with Crippen molar-refractivity contribution in [3.05, 3.63) is 0 Å². The van der Waals surface area contributed by atoms with Gasteiger partial charge < -0.3 is 55.1 Å². The Hall–Kier alpha value is -0.440. The predicted molar refractivity (Wildman–Crippen MR) is 68.6 cm³/mol. The van der Waals surface area contributed by atoms with Crippen LogP contribution in [0.5, 0.6) is 0 Å². The molecule has 0 amide bonds. The topological polar surface area (TPSA) is 190 Å². The summed E-state index contributed by atoms with van der Waals surface area (Å²) in [6.07, 6.45) is -15.6. The summed E-state index contributed by atoms with van der Waals surface area (Å²) in [7, 11) is 0. The zero-order chi connectivity index (χ0) is 17.3. The average molecular weight is 342 g/mol. The highest BCUT2D eigenvalue weighted by atomic mass is 16.7. The van der Waals surface area contributed by atoms with E-state index in [0.29, 0.717) is 0 Å². The number of aliphatic hydroxyl groups is 8. The minimum absolute atomic E-state index is 0.667. The first-order chi connectivity index (χ1) is 10.8. The molecule has 8 N–H and O–H groups in total. The van der Waals surface area contributed by atoms with Crippen molar-refractivity contribution in [2.24, 2.45) is 0 Å². The van der Waals surface area contributed by atoms with E-state index in [1.165, 1.54) is 0 Å². The number of hydrogen-bond donors (Lipinski definition) is 8. The van der Waals surface area contributed by atoms with Gasteiger partial charge in [0, 0.05) is 0 Å². The van der Waals surface area contributed by atoms with E-state index in [1.54, 1.807) is 0 Å². The number of aliphatic hydroxyl groups excluding tert-OH is 8. The molecule has 2 aliphatic rings. The highest BCUT2D eigenvalue weighted by Crippen LogP contribution is 2.28. The van der Waals surface area contributed by atoms with Gasteiger partial charge in [0.15, 0.2) is 12.6 Å². The van der Waals surface area contributed by atoms with Gasteiger partial charge in [-0.2, -0.15) is 0 Å². The van der Waals surface area contributed by atoms with Gasteiger partial charge in [-0.05, 0) is 0 Å². The largest absolute Gasteiger partial charge is 0.394 e. The molecule has 11 nitrogen and oxygen atoms in total. The lowest BCUT2D eigenvalue weighted by Crippen LogP contribution is -2.64. The zero-order valence-corrected chi connectivity index (χ0v) is 12.0. The molecule has 0 bridgehead atoms. The first kappa shape index (κ1) is 18.9. The van der Waals surface area contributed by atoms with E-state index in [0.717, 1.165) is 0 Å². The molecule has 2 heterocycles. The molecular formula is C12H22O11. The van der Waals surface area contributed by atoms with Crippen LogP contribution >= 0.6 is 0 Å². The Morgan fingerprint density at radius 1 is 0.652 bits per heavy atom. The molecule has 23 heavy (non-hydrogen) atoms. The fourth-order valence-corrected chi connectivity index (χ4v) is 2.57. The summed E-state index contributed by atoms with van der Waals surface area (Å²) in [5.74, 6) is 0. The van der Waals surface area contributed by atoms with Gasteiger partial charge in [0.2, 0.25) is 0 Å². The maximum Gasteiger partial charge on any atom is 0.187 e. The Morgan fingerprint density at radius 3 is 1.83 bits per heavy atom. The first-order valence-electron chi connectivity index (χ1n) is 7.08. The van der Waals surface area contributed by atoms with Crippen LogP contribution in [0.3, 0.4) is 0 Å². The molecule has 0 aromatic heterocycles. The van der Waals surface area contributed by atoms with Crippen LogP contribution in [0.25, 0.3) is 0 Å². The Morgan fingerprint density at radius 2 is 1.26 bits per heavy atom. The molecule has 0 unspecified atom stereocenters. The predicted octanol–water partition coefficient (Wildman–Crippen LogP) is -5.40. The molecule has 2 saturated heterocycles. The summed E-state index contributed by atoms with van der Waals surface area (Å²) < 4.78 is 15.3. The fraction of sp³-hybridized carbons (Fsp3) is 1.00. The lowest BCUT2D eigenvalue weighted by molar-refractivity contribution is -0.355. The summed E-state index contributed by atoms with van der Waals surface area (Å²) in [6, 6.07) is 0. The van der Waals surface area contributed by atoms with Crippen molar-refractivity contribution in [3.63, 3.8) is 0 Å². The van der Waals surface area contributed by atoms with Crippen molar-refractivity contribution in [1.82, 2.24) is 0 Å². The van der Waals surface area contributed by atoms with Gasteiger partial charge in [0.05, 0.1) is 13.2 Å². The Bertz CT molecular complexity index is 378. The van der Waals surface area contributed by atoms with Gasteiger partial charge in [-0.3, -0.25) is 0 Å². The third-order valence-corrected chi connectivity index (χ3v) is 3.98. The van der Waals surface area contributed by atoms with Crippen molar-refractivity contribution in [2.45, 2.75) is 61.4 Å². The van der Waals surface area contributed by atoms with Gasteiger partial charge in [-0.1, -0.05) is 0 Å². The van der Waals surface area contributed by atoms with Crippen molar-refractivity contribution in [1.29, 1.82) is 0 Å². The van der Waals surface area contributed by atoms with E-state index >= 15 is 0 Å². The monoisotopic (exact) mass is 342 g/mol. The molecule has 10 atom stereocenters. The van der Waals surface area contributed by atoms with Crippen LogP contribution < -0.4 is 0 Å². The number of hydrogen-bond acceptors (Lipinski definition) is 11. The highest BCUT2D eigenvalue weighted by Gasteiger charge is 2.50. The SMILES string of the molecule is OC[C@H]1O[C@H](O[C@@H]2[C@H](O)[C@@H](O)[C@@H](O)O[C@@H]2CO)[C@H](O)[C@@H](O)[C@H]1O. The summed E-state index contributed by atoms with van der Waals surface area (Å²) in [5.41, 5.74) is 0. The summed E-state index contributed by atoms with van der Waals surface area (Å²) >= 11 is 0. The van der Waals surface area contributed by atoms with Crippen LogP contribution in [0.1, 0.15) is 0 Å². The van der Waals surface area contributed by atoms with Gasteiger partial charge in [-0.15, -0.1) is 0 Å². The first-order valence-corrected chi connectivity index (χ1v) is 7.08. The molecule has 0 aromatic carbocycles. The third kappa shape index (κ3) is 3.65. The van der Waals surface area contributed by atoms with Crippen LogP contribution in [0.4, 0.5) is 0 Å². The molecular weight excluding hydrogens is 320 g/mol. The summed E-state index contributed by atoms with van der Waals surface area (Å²) in [4.78, 5) is 0. The van der Waals surface area contributed by atoms with Crippen LogP contribution in [-0.4, -0.2) is 115 Å². The van der Waals surface area contributed by atoms with E-state index in [1.807, 2.05) is 0 Å². The van der Waals surface area contributed by atoms with E-state index in [9.17, 15) is 35.7 Å². The Labute approximate surface area is 130 Å². The molecule has 0 saturated carbocycles. The highest BCUT2D eigenvalue weighted by molar-refractivity contribution is 4.93. The van der Waals surface area contributed by atoms with Crippen LogP contribution in [0.2, 0.25) is 0 Å². The zero-order valence-electron chi connectivity index (χ0n) is 12.0. The lowest BCUT2D eigenvalue weighted by atomic mass is 9.97. The maximum absolute atomic E-state index is 9.94. The molecule has 0 radical (unpaired) electrons. The number of rotatable bonds is 4. The molecule has 0 spiro atoms. The standard InChI is InChI=1S/C12H22O11/c13-1-3-5(15)6(16)9(19)12(22-3)23-10-4(2-14)21-11(20)8(18)7(10)17/h3-20H,1-2H2/t3-,4-,5+,6+,7-,8-,9-,10+,11+,12-/m1/s1. The van der Waals surface area contributed by atoms with E-state index in [2.05, 4.69) is 0 Å². The minimum atomic E-state index is -1.74.